The average Bonchev–Trinajstić information content (AvgIpc) is 2.56. The molecule has 1 aliphatic heterocycles. The second kappa shape index (κ2) is 6.30. The Labute approximate surface area is 132 Å². The minimum Gasteiger partial charge on any atom is -0.496 e. The summed E-state index contributed by atoms with van der Waals surface area (Å²) >= 11 is 0. The molecular formula is C19H23NO2. The van der Waals surface area contributed by atoms with Crippen LogP contribution >= 0.6 is 0 Å². The van der Waals surface area contributed by atoms with Gasteiger partial charge in [-0.05, 0) is 43.4 Å². The number of rotatable bonds is 4. The number of fused-ring (bicyclic) bond motifs is 1. The maximum absolute atomic E-state index is 5.53. The molecule has 3 rings (SSSR count). The van der Waals surface area contributed by atoms with Crippen molar-refractivity contribution in [3.63, 3.8) is 0 Å². The van der Waals surface area contributed by atoms with Gasteiger partial charge < -0.3 is 14.8 Å². The average molecular weight is 297 g/mol. The molecule has 1 unspecified atom stereocenters. The van der Waals surface area contributed by atoms with E-state index in [1.807, 2.05) is 12.1 Å². The van der Waals surface area contributed by atoms with Gasteiger partial charge in [0.1, 0.15) is 11.5 Å². The van der Waals surface area contributed by atoms with Crippen molar-refractivity contribution in [1.29, 1.82) is 0 Å². The summed E-state index contributed by atoms with van der Waals surface area (Å²) in [6, 6.07) is 12.8. The van der Waals surface area contributed by atoms with Crippen molar-refractivity contribution in [3.05, 3.63) is 53.1 Å². The smallest absolute Gasteiger partial charge is 0.142 e. The van der Waals surface area contributed by atoms with Gasteiger partial charge in [-0.1, -0.05) is 29.8 Å². The van der Waals surface area contributed by atoms with Crippen LogP contribution in [0.2, 0.25) is 0 Å². The third kappa shape index (κ3) is 2.89. The first-order chi connectivity index (χ1) is 10.7. The molecule has 2 aromatic carbocycles. The molecule has 0 saturated heterocycles. The van der Waals surface area contributed by atoms with Gasteiger partial charge >= 0.3 is 0 Å². The molecule has 3 heteroatoms. The molecule has 3 nitrogen and oxygen atoms in total. The van der Waals surface area contributed by atoms with Crippen LogP contribution < -0.4 is 14.8 Å². The van der Waals surface area contributed by atoms with E-state index in [4.69, 9.17) is 9.47 Å². The van der Waals surface area contributed by atoms with Gasteiger partial charge in [0.05, 0.1) is 19.9 Å². The van der Waals surface area contributed by atoms with E-state index in [1.54, 1.807) is 14.2 Å². The molecule has 1 aliphatic rings. The lowest BCUT2D eigenvalue weighted by molar-refractivity contribution is 0.391. The third-order valence-corrected chi connectivity index (χ3v) is 4.38. The second-order valence-electron chi connectivity index (χ2n) is 5.96. The summed E-state index contributed by atoms with van der Waals surface area (Å²) in [5.74, 6) is 2.40. The Kier molecular flexibility index (Phi) is 4.23. The summed E-state index contributed by atoms with van der Waals surface area (Å²) in [6.07, 6.45) is 2.09. The minimum atomic E-state index is 0.566. The van der Waals surface area contributed by atoms with E-state index < -0.39 is 0 Å². The normalized spacial score (nSPS) is 16.6. The first-order valence-electron chi connectivity index (χ1n) is 7.74. The predicted molar refractivity (Wildman–Crippen MR) is 90.1 cm³/mol. The maximum Gasteiger partial charge on any atom is 0.142 e. The first kappa shape index (κ1) is 14.8. The Balaban J connectivity index is 1.82. The molecule has 22 heavy (non-hydrogen) atoms. The Morgan fingerprint density at radius 1 is 1.00 bits per heavy atom. The molecule has 1 heterocycles. The number of anilines is 1. The maximum atomic E-state index is 5.53. The van der Waals surface area contributed by atoms with E-state index in [-0.39, 0.29) is 0 Å². The monoisotopic (exact) mass is 297 g/mol. The van der Waals surface area contributed by atoms with Crippen LogP contribution in [0.25, 0.3) is 0 Å². The molecule has 0 radical (unpaired) electrons. The second-order valence-corrected chi connectivity index (χ2v) is 5.96. The standard InChI is InChI=1S/C19H23NO2/c1-13-4-6-14(7-5-13)10-15-11-16-17(21-2)8-9-18(22-3)19(16)20-12-15/h4-9,15,20H,10-12H2,1-3H3. The summed E-state index contributed by atoms with van der Waals surface area (Å²) in [6.45, 7) is 3.09. The summed E-state index contributed by atoms with van der Waals surface area (Å²) in [5, 5.41) is 3.53. The summed E-state index contributed by atoms with van der Waals surface area (Å²) in [5.41, 5.74) is 5.01. The number of benzene rings is 2. The van der Waals surface area contributed by atoms with Crippen LogP contribution in [0.15, 0.2) is 36.4 Å². The summed E-state index contributed by atoms with van der Waals surface area (Å²) < 4.78 is 11.0. The van der Waals surface area contributed by atoms with Crippen LogP contribution in [0, 0.1) is 12.8 Å². The van der Waals surface area contributed by atoms with Gasteiger partial charge in [0.15, 0.2) is 0 Å². The Bertz CT molecular complexity index is 649. The molecule has 0 spiro atoms. The number of methoxy groups -OCH3 is 2. The summed E-state index contributed by atoms with van der Waals surface area (Å²) in [7, 11) is 3.44. The lowest BCUT2D eigenvalue weighted by Gasteiger charge is -2.29. The van der Waals surface area contributed by atoms with Crippen LogP contribution in [0.1, 0.15) is 16.7 Å². The lowest BCUT2D eigenvalue weighted by atomic mass is 9.88. The van der Waals surface area contributed by atoms with Crippen molar-refractivity contribution in [2.45, 2.75) is 19.8 Å². The largest absolute Gasteiger partial charge is 0.496 e. The summed E-state index contributed by atoms with van der Waals surface area (Å²) in [4.78, 5) is 0. The highest BCUT2D eigenvalue weighted by Gasteiger charge is 2.24. The van der Waals surface area contributed by atoms with Crippen LogP contribution in [-0.4, -0.2) is 20.8 Å². The van der Waals surface area contributed by atoms with E-state index in [1.165, 1.54) is 16.7 Å². The third-order valence-electron chi connectivity index (χ3n) is 4.38. The van der Waals surface area contributed by atoms with Crippen molar-refractivity contribution in [3.8, 4) is 11.5 Å². The zero-order valence-corrected chi connectivity index (χ0v) is 13.5. The lowest BCUT2D eigenvalue weighted by Crippen LogP contribution is -2.25. The van der Waals surface area contributed by atoms with E-state index in [0.29, 0.717) is 5.92 Å². The molecule has 1 atom stereocenters. The van der Waals surface area contributed by atoms with Gasteiger partial charge in [-0.3, -0.25) is 0 Å². The van der Waals surface area contributed by atoms with Crippen LogP contribution in [0.3, 0.4) is 0 Å². The van der Waals surface area contributed by atoms with Gasteiger partial charge in [0.25, 0.3) is 0 Å². The fraction of sp³-hybridized carbons (Fsp3) is 0.368. The molecule has 0 bridgehead atoms. The van der Waals surface area contributed by atoms with Gasteiger partial charge in [-0.15, -0.1) is 0 Å². The number of hydrogen-bond acceptors (Lipinski definition) is 3. The number of hydrogen-bond donors (Lipinski definition) is 1. The fourth-order valence-electron chi connectivity index (χ4n) is 3.17. The zero-order valence-electron chi connectivity index (χ0n) is 13.5. The van der Waals surface area contributed by atoms with Gasteiger partial charge in [0.2, 0.25) is 0 Å². The minimum absolute atomic E-state index is 0.566. The molecule has 0 amide bonds. The van der Waals surface area contributed by atoms with Gasteiger partial charge in [-0.2, -0.15) is 0 Å². The highest BCUT2D eigenvalue weighted by atomic mass is 16.5. The Morgan fingerprint density at radius 2 is 1.68 bits per heavy atom. The van der Waals surface area contributed by atoms with E-state index in [9.17, 15) is 0 Å². The topological polar surface area (TPSA) is 30.5 Å². The molecule has 116 valence electrons. The van der Waals surface area contributed by atoms with Crippen molar-refractivity contribution in [2.75, 3.05) is 26.1 Å². The molecule has 0 aliphatic carbocycles. The van der Waals surface area contributed by atoms with Gasteiger partial charge in [0, 0.05) is 12.1 Å². The first-order valence-corrected chi connectivity index (χ1v) is 7.74. The van der Waals surface area contributed by atoms with Crippen molar-refractivity contribution < 1.29 is 9.47 Å². The molecule has 2 aromatic rings. The van der Waals surface area contributed by atoms with Crippen molar-refractivity contribution in [2.24, 2.45) is 5.92 Å². The van der Waals surface area contributed by atoms with Crippen LogP contribution in [-0.2, 0) is 12.8 Å². The number of aryl methyl sites for hydroxylation is 1. The zero-order chi connectivity index (χ0) is 15.5. The predicted octanol–water partition coefficient (Wildman–Crippen LogP) is 3.84. The molecular weight excluding hydrogens is 274 g/mol. The van der Waals surface area contributed by atoms with E-state index in [0.717, 1.165) is 36.6 Å². The number of nitrogens with one attached hydrogen (secondary N) is 1. The van der Waals surface area contributed by atoms with E-state index >= 15 is 0 Å². The highest BCUT2D eigenvalue weighted by Crippen LogP contribution is 2.40. The molecule has 0 saturated carbocycles. The van der Waals surface area contributed by atoms with Crippen LogP contribution in [0.5, 0.6) is 11.5 Å². The van der Waals surface area contributed by atoms with Crippen LogP contribution in [0.4, 0.5) is 5.69 Å². The molecule has 1 N–H and O–H groups in total. The SMILES string of the molecule is COc1ccc(OC)c2c1CC(Cc1ccc(C)cc1)CN2. The molecule has 0 aromatic heterocycles. The Morgan fingerprint density at radius 3 is 2.36 bits per heavy atom. The highest BCUT2D eigenvalue weighted by molar-refractivity contribution is 5.68. The van der Waals surface area contributed by atoms with Gasteiger partial charge in [-0.25, -0.2) is 0 Å². The van der Waals surface area contributed by atoms with Crippen molar-refractivity contribution in [1.82, 2.24) is 0 Å². The quantitative estimate of drug-likeness (QED) is 0.930. The Hall–Kier alpha value is -2.16. The fourth-order valence-corrected chi connectivity index (χ4v) is 3.17. The van der Waals surface area contributed by atoms with E-state index in [2.05, 4.69) is 36.5 Å². The molecule has 0 fully saturated rings. The number of ether oxygens (including phenoxy) is 2. The van der Waals surface area contributed by atoms with Crippen molar-refractivity contribution >= 4 is 5.69 Å².